The van der Waals surface area contributed by atoms with Gasteiger partial charge in [-0.2, -0.15) is 0 Å². The van der Waals surface area contributed by atoms with Crippen molar-refractivity contribution in [2.45, 2.75) is 69.8 Å². The second kappa shape index (κ2) is 6.39. The molecule has 2 N–H and O–H groups in total. The maximum absolute atomic E-state index is 11.7. The first-order valence-electron chi connectivity index (χ1n) is 8.73. The van der Waals surface area contributed by atoms with Crippen LogP contribution in [0.2, 0.25) is 0 Å². The predicted molar refractivity (Wildman–Crippen MR) is 85.2 cm³/mol. The van der Waals surface area contributed by atoms with Crippen molar-refractivity contribution in [3.8, 4) is 5.75 Å². The summed E-state index contributed by atoms with van der Waals surface area (Å²) in [6, 6.07) is 7.34. The second-order valence-corrected chi connectivity index (χ2v) is 7.04. The zero-order valence-corrected chi connectivity index (χ0v) is 12.9. The lowest BCUT2D eigenvalue weighted by molar-refractivity contribution is -0.0989. The Morgan fingerprint density at radius 3 is 1.57 bits per heavy atom. The van der Waals surface area contributed by atoms with Crippen molar-refractivity contribution in [2.75, 3.05) is 0 Å². The summed E-state index contributed by atoms with van der Waals surface area (Å²) in [4.78, 5) is 0. The largest absolute Gasteiger partial charge is 0.508 e. The van der Waals surface area contributed by atoms with Crippen LogP contribution in [-0.2, 0) is 5.60 Å². The van der Waals surface area contributed by atoms with Gasteiger partial charge in [-0.25, -0.2) is 0 Å². The lowest BCUT2D eigenvalue weighted by Gasteiger charge is -2.46. The minimum Gasteiger partial charge on any atom is -0.508 e. The molecule has 2 nitrogen and oxygen atoms in total. The molecule has 0 amide bonds. The van der Waals surface area contributed by atoms with Gasteiger partial charge in [0.15, 0.2) is 0 Å². The Morgan fingerprint density at radius 2 is 1.14 bits per heavy atom. The van der Waals surface area contributed by atoms with Crippen molar-refractivity contribution < 1.29 is 10.2 Å². The van der Waals surface area contributed by atoms with Gasteiger partial charge in [-0.15, -0.1) is 0 Å². The summed E-state index contributed by atoms with van der Waals surface area (Å²) in [7, 11) is 0. The highest BCUT2D eigenvalue weighted by molar-refractivity contribution is 5.31. The third kappa shape index (κ3) is 2.96. The van der Waals surface area contributed by atoms with Gasteiger partial charge in [0.1, 0.15) is 5.75 Å². The molecule has 2 saturated carbocycles. The second-order valence-electron chi connectivity index (χ2n) is 7.04. The van der Waals surface area contributed by atoms with E-state index in [4.69, 9.17) is 0 Å². The molecule has 2 aliphatic rings. The molecule has 2 fully saturated rings. The summed E-state index contributed by atoms with van der Waals surface area (Å²) in [5, 5.41) is 21.3. The van der Waals surface area contributed by atoms with Crippen LogP contribution in [0.1, 0.15) is 69.8 Å². The van der Waals surface area contributed by atoms with E-state index in [1.54, 1.807) is 12.1 Å². The fourth-order valence-electron chi connectivity index (χ4n) is 4.62. The van der Waals surface area contributed by atoms with Crippen LogP contribution in [0, 0.1) is 11.8 Å². The molecule has 0 aliphatic heterocycles. The summed E-state index contributed by atoms with van der Waals surface area (Å²) in [6.45, 7) is 0. The zero-order chi connectivity index (χ0) is 14.7. The quantitative estimate of drug-likeness (QED) is 0.843. The van der Waals surface area contributed by atoms with Crippen molar-refractivity contribution in [2.24, 2.45) is 11.8 Å². The Kier molecular flexibility index (Phi) is 4.54. The molecular formula is C19H28O2. The predicted octanol–water partition coefficient (Wildman–Crippen LogP) is 4.74. The molecule has 0 atom stereocenters. The van der Waals surface area contributed by atoms with Crippen LogP contribution in [-0.4, -0.2) is 10.2 Å². The molecule has 2 aliphatic carbocycles. The summed E-state index contributed by atoms with van der Waals surface area (Å²) < 4.78 is 0. The number of hydrogen-bond acceptors (Lipinski definition) is 2. The molecule has 2 heteroatoms. The van der Waals surface area contributed by atoms with E-state index in [1.807, 2.05) is 12.1 Å². The average Bonchev–Trinajstić information content (AvgIpc) is 2.56. The number of phenolic OH excluding ortho intramolecular Hbond substituents is 1. The maximum Gasteiger partial charge on any atom is 0.115 e. The Hall–Kier alpha value is -1.02. The molecule has 0 heterocycles. The van der Waals surface area contributed by atoms with Gasteiger partial charge >= 0.3 is 0 Å². The molecule has 0 unspecified atom stereocenters. The average molecular weight is 288 g/mol. The third-order valence-electron chi connectivity index (χ3n) is 5.78. The van der Waals surface area contributed by atoms with E-state index >= 15 is 0 Å². The summed E-state index contributed by atoms with van der Waals surface area (Å²) in [5.41, 5.74) is 0.341. The van der Waals surface area contributed by atoms with E-state index in [2.05, 4.69) is 0 Å². The molecule has 0 radical (unpaired) electrons. The molecule has 0 aromatic heterocycles. The van der Waals surface area contributed by atoms with E-state index < -0.39 is 5.60 Å². The maximum atomic E-state index is 11.7. The first-order chi connectivity index (χ1) is 10.2. The number of aliphatic hydroxyl groups is 1. The van der Waals surface area contributed by atoms with E-state index in [0.717, 1.165) is 31.2 Å². The lowest BCUT2D eigenvalue weighted by Crippen LogP contribution is -2.44. The highest BCUT2D eigenvalue weighted by Gasteiger charge is 2.45. The Balaban J connectivity index is 1.93. The number of hydrogen-bond donors (Lipinski definition) is 2. The zero-order valence-electron chi connectivity index (χ0n) is 12.9. The van der Waals surface area contributed by atoms with Crippen LogP contribution in [0.25, 0.3) is 0 Å². The highest BCUT2D eigenvalue weighted by atomic mass is 16.3. The Morgan fingerprint density at radius 1 is 0.714 bits per heavy atom. The van der Waals surface area contributed by atoms with Gasteiger partial charge in [0.05, 0.1) is 5.60 Å². The van der Waals surface area contributed by atoms with Crippen molar-refractivity contribution in [1.29, 1.82) is 0 Å². The standard InChI is InChI=1S/C19H28O2/c20-18-13-11-17(12-14-18)19(21,15-7-3-1-4-8-15)16-9-5-2-6-10-16/h11-16,20-21H,1-10H2. The normalized spacial score (nSPS) is 22.3. The van der Waals surface area contributed by atoms with Crippen LogP contribution in [0.15, 0.2) is 24.3 Å². The van der Waals surface area contributed by atoms with E-state index in [-0.39, 0.29) is 5.75 Å². The van der Waals surface area contributed by atoms with Crippen LogP contribution < -0.4 is 0 Å². The fraction of sp³-hybridized carbons (Fsp3) is 0.684. The monoisotopic (exact) mass is 288 g/mol. The molecule has 0 bridgehead atoms. The van der Waals surface area contributed by atoms with Crippen molar-refractivity contribution >= 4 is 0 Å². The molecule has 0 spiro atoms. The molecule has 1 aromatic carbocycles. The van der Waals surface area contributed by atoms with Crippen LogP contribution in [0.5, 0.6) is 5.75 Å². The SMILES string of the molecule is Oc1ccc(C(O)(C2CCCCC2)C2CCCCC2)cc1. The molecule has 1 aromatic rings. The number of benzene rings is 1. The third-order valence-corrected chi connectivity index (χ3v) is 5.78. The number of phenols is 1. The van der Waals surface area contributed by atoms with E-state index in [9.17, 15) is 10.2 Å². The van der Waals surface area contributed by atoms with Crippen molar-refractivity contribution in [3.05, 3.63) is 29.8 Å². The van der Waals surface area contributed by atoms with E-state index in [1.165, 1.54) is 38.5 Å². The van der Waals surface area contributed by atoms with E-state index in [0.29, 0.717) is 11.8 Å². The first-order valence-corrected chi connectivity index (χ1v) is 8.73. The molecular weight excluding hydrogens is 260 g/mol. The van der Waals surface area contributed by atoms with Gasteiger partial charge in [0.25, 0.3) is 0 Å². The van der Waals surface area contributed by atoms with Crippen LogP contribution in [0.4, 0.5) is 0 Å². The fourth-order valence-corrected chi connectivity index (χ4v) is 4.62. The van der Waals surface area contributed by atoms with Crippen molar-refractivity contribution in [1.82, 2.24) is 0 Å². The number of aromatic hydroxyl groups is 1. The smallest absolute Gasteiger partial charge is 0.115 e. The van der Waals surface area contributed by atoms with Gasteiger partial charge in [-0.3, -0.25) is 0 Å². The lowest BCUT2D eigenvalue weighted by atomic mass is 9.63. The van der Waals surface area contributed by atoms with Gasteiger partial charge in [0, 0.05) is 0 Å². The number of rotatable bonds is 3. The first kappa shape index (κ1) is 14.9. The minimum absolute atomic E-state index is 0.286. The summed E-state index contributed by atoms with van der Waals surface area (Å²) in [6.07, 6.45) is 12.2. The van der Waals surface area contributed by atoms with Crippen molar-refractivity contribution in [3.63, 3.8) is 0 Å². The van der Waals surface area contributed by atoms with Crippen LogP contribution >= 0.6 is 0 Å². The highest BCUT2D eigenvalue weighted by Crippen LogP contribution is 2.48. The molecule has 21 heavy (non-hydrogen) atoms. The molecule has 0 saturated heterocycles. The Labute approximate surface area is 128 Å². The summed E-state index contributed by atoms with van der Waals surface area (Å²) in [5.74, 6) is 1.06. The molecule has 116 valence electrons. The summed E-state index contributed by atoms with van der Waals surface area (Å²) >= 11 is 0. The van der Waals surface area contributed by atoms with Gasteiger partial charge < -0.3 is 10.2 Å². The topological polar surface area (TPSA) is 40.5 Å². The minimum atomic E-state index is -0.686. The van der Waals surface area contributed by atoms with Gasteiger partial charge in [-0.1, -0.05) is 50.7 Å². The van der Waals surface area contributed by atoms with Gasteiger partial charge in [0.2, 0.25) is 0 Å². The van der Waals surface area contributed by atoms with Crippen LogP contribution in [0.3, 0.4) is 0 Å². The molecule has 3 rings (SSSR count). The van der Waals surface area contributed by atoms with Gasteiger partial charge in [-0.05, 0) is 55.2 Å². The Bertz CT molecular complexity index is 421.